The molecule has 0 radical (unpaired) electrons. The molecule has 3 aliphatic rings. The Morgan fingerprint density at radius 3 is 2.16 bits per heavy atom. The Labute approximate surface area is 118 Å². The van der Waals surface area contributed by atoms with Crippen molar-refractivity contribution in [2.24, 2.45) is 17.1 Å². The Bertz CT molecular complexity index is 329. The summed E-state index contributed by atoms with van der Waals surface area (Å²) in [5.74, 6) is 0.736. The van der Waals surface area contributed by atoms with E-state index in [0.717, 1.165) is 18.5 Å². The minimum Gasteiger partial charge on any atom is -0.329 e. The van der Waals surface area contributed by atoms with Crippen LogP contribution in [0.15, 0.2) is 0 Å². The number of hydrogen-bond acceptors (Lipinski definition) is 3. The van der Waals surface area contributed by atoms with E-state index in [1.54, 1.807) is 0 Å². The standard InChI is InChI=1S/C16H31N3/c1-13-10-15(2,3)11-16(13,12-17)19-8-6-18(7-9-19)14-4-5-14/h13-14H,4-12,17H2,1-3H3. The topological polar surface area (TPSA) is 32.5 Å². The highest BCUT2D eigenvalue weighted by atomic mass is 15.3. The van der Waals surface area contributed by atoms with Crippen molar-refractivity contribution in [2.45, 2.75) is 58.0 Å². The zero-order valence-electron chi connectivity index (χ0n) is 13.0. The van der Waals surface area contributed by atoms with Crippen LogP contribution in [0, 0.1) is 11.3 Å². The first-order chi connectivity index (χ1) is 8.97. The maximum absolute atomic E-state index is 6.26. The lowest BCUT2D eigenvalue weighted by atomic mass is 9.84. The summed E-state index contributed by atoms with van der Waals surface area (Å²) in [6.07, 6.45) is 5.48. The number of nitrogens with two attached hydrogens (primary N) is 1. The summed E-state index contributed by atoms with van der Waals surface area (Å²) in [6, 6.07) is 0.924. The molecule has 0 aromatic rings. The Hall–Kier alpha value is -0.120. The zero-order chi connectivity index (χ0) is 13.7. The SMILES string of the molecule is CC1CC(C)(C)CC1(CN)N1CCN(C2CC2)CC1. The van der Waals surface area contributed by atoms with E-state index in [0.29, 0.717) is 5.41 Å². The Morgan fingerprint density at radius 2 is 1.74 bits per heavy atom. The molecule has 1 aliphatic heterocycles. The molecule has 0 amide bonds. The highest BCUT2D eigenvalue weighted by Gasteiger charge is 2.51. The van der Waals surface area contributed by atoms with Gasteiger partial charge < -0.3 is 5.73 Å². The van der Waals surface area contributed by atoms with E-state index in [4.69, 9.17) is 5.73 Å². The minimum atomic E-state index is 0.277. The Kier molecular flexibility index (Phi) is 3.43. The second kappa shape index (κ2) is 4.71. The molecule has 110 valence electrons. The fourth-order valence-corrected chi connectivity index (χ4v) is 4.89. The second-order valence-electron chi connectivity index (χ2n) is 8.01. The quantitative estimate of drug-likeness (QED) is 0.846. The molecule has 19 heavy (non-hydrogen) atoms. The predicted octanol–water partition coefficient (Wildman–Crippen LogP) is 1.92. The highest BCUT2D eigenvalue weighted by Crippen LogP contribution is 2.50. The summed E-state index contributed by atoms with van der Waals surface area (Å²) in [5, 5.41) is 0. The molecule has 0 aromatic heterocycles. The molecule has 0 spiro atoms. The van der Waals surface area contributed by atoms with Gasteiger partial charge in [-0.3, -0.25) is 9.80 Å². The first kappa shape index (κ1) is 13.8. The molecule has 2 N–H and O–H groups in total. The van der Waals surface area contributed by atoms with Crippen LogP contribution in [0.25, 0.3) is 0 Å². The number of nitrogens with zero attached hydrogens (tertiary/aromatic N) is 2. The van der Waals surface area contributed by atoms with Crippen LogP contribution in [0.3, 0.4) is 0 Å². The Balaban J connectivity index is 1.69. The maximum Gasteiger partial charge on any atom is 0.0363 e. The number of hydrogen-bond donors (Lipinski definition) is 1. The van der Waals surface area contributed by atoms with E-state index in [2.05, 4.69) is 30.6 Å². The van der Waals surface area contributed by atoms with E-state index < -0.39 is 0 Å². The van der Waals surface area contributed by atoms with Gasteiger partial charge in [0.2, 0.25) is 0 Å². The van der Waals surface area contributed by atoms with Gasteiger partial charge in [-0.2, -0.15) is 0 Å². The lowest BCUT2D eigenvalue weighted by Crippen LogP contribution is -2.61. The first-order valence-corrected chi connectivity index (χ1v) is 8.16. The minimum absolute atomic E-state index is 0.277. The third kappa shape index (κ3) is 2.45. The van der Waals surface area contributed by atoms with Crippen molar-refractivity contribution >= 4 is 0 Å². The molecule has 3 rings (SSSR count). The van der Waals surface area contributed by atoms with Gasteiger partial charge in [-0.25, -0.2) is 0 Å². The lowest BCUT2D eigenvalue weighted by molar-refractivity contribution is 0.0110. The molecule has 2 aliphatic carbocycles. The van der Waals surface area contributed by atoms with Crippen molar-refractivity contribution in [3.63, 3.8) is 0 Å². The van der Waals surface area contributed by atoms with Gasteiger partial charge in [0.05, 0.1) is 0 Å². The van der Waals surface area contributed by atoms with Crippen LogP contribution < -0.4 is 5.73 Å². The summed E-state index contributed by atoms with van der Waals surface area (Å²) in [4.78, 5) is 5.44. The summed E-state index contributed by atoms with van der Waals surface area (Å²) in [7, 11) is 0. The van der Waals surface area contributed by atoms with Crippen molar-refractivity contribution in [1.82, 2.24) is 9.80 Å². The molecular weight excluding hydrogens is 234 g/mol. The van der Waals surface area contributed by atoms with Gasteiger partial charge >= 0.3 is 0 Å². The predicted molar refractivity (Wildman–Crippen MR) is 80.1 cm³/mol. The van der Waals surface area contributed by atoms with Crippen LogP contribution in [0.5, 0.6) is 0 Å². The van der Waals surface area contributed by atoms with Gasteiger partial charge in [0.1, 0.15) is 0 Å². The third-order valence-electron chi connectivity index (χ3n) is 5.92. The second-order valence-corrected chi connectivity index (χ2v) is 8.01. The summed E-state index contributed by atoms with van der Waals surface area (Å²) < 4.78 is 0. The fraction of sp³-hybridized carbons (Fsp3) is 1.00. The summed E-state index contributed by atoms with van der Waals surface area (Å²) in [6.45, 7) is 13.1. The average Bonchev–Trinajstić information content (AvgIpc) is 3.16. The van der Waals surface area contributed by atoms with Gasteiger partial charge in [0, 0.05) is 44.3 Å². The van der Waals surface area contributed by atoms with E-state index in [1.807, 2.05) is 0 Å². The van der Waals surface area contributed by atoms with E-state index in [1.165, 1.54) is 51.9 Å². The van der Waals surface area contributed by atoms with Crippen molar-refractivity contribution in [3.05, 3.63) is 0 Å². The van der Waals surface area contributed by atoms with E-state index in [-0.39, 0.29) is 5.54 Å². The lowest BCUT2D eigenvalue weighted by Gasteiger charge is -2.48. The van der Waals surface area contributed by atoms with Crippen molar-refractivity contribution < 1.29 is 0 Å². The Morgan fingerprint density at radius 1 is 1.11 bits per heavy atom. The van der Waals surface area contributed by atoms with Gasteiger partial charge in [-0.15, -0.1) is 0 Å². The molecule has 1 saturated heterocycles. The van der Waals surface area contributed by atoms with Crippen molar-refractivity contribution in [1.29, 1.82) is 0 Å². The van der Waals surface area contributed by atoms with Crippen LogP contribution in [-0.4, -0.2) is 54.1 Å². The monoisotopic (exact) mass is 265 g/mol. The van der Waals surface area contributed by atoms with Crippen LogP contribution in [0.4, 0.5) is 0 Å². The number of rotatable bonds is 3. The highest BCUT2D eigenvalue weighted by molar-refractivity contribution is 5.07. The first-order valence-electron chi connectivity index (χ1n) is 8.16. The normalized spacial score (nSPS) is 40.7. The molecule has 2 saturated carbocycles. The maximum atomic E-state index is 6.26. The van der Waals surface area contributed by atoms with Crippen molar-refractivity contribution in [2.75, 3.05) is 32.7 Å². The van der Waals surface area contributed by atoms with E-state index >= 15 is 0 Å². The molecule has 0 bridgehead atoms. The zero-order valence-corrected chi connectivity index (χ0v) is 13.0. The third-order valence-corrected chi connectivity index (χ3v) is 5.92. The fourth-order valence-electron chi connectivity index (χ4n) is 4.89. The largest absolute Gasteiger partial charge is 0.329 e. The molecule has 3 heteroatoms. The molecule has 0 aromatic carbocycles. The van der Waals surface area contributed by atoms with Crippen LogP contribution in [0.1, 0.15) is 46.5 Å². The van der Waals surface area contributed by atoms with Crippen LogP contribution >= 0.6 is 0 Å². The summed E-state index contributed by atoms with van der Waals surface area (Å²) in [5.41, 5.74) is 7.00. The number of piperazine rings is 1. The molecule has 3 fully saturated rings. The van der Waals surface area contributed by atoms with Crippen LogP contribution in [-0.2, 0) is 0 Å². The summed E-state index contributed by atoms with van der Waals surface area (Å²) >= 11 is 0. The smallest absolute Gasteiger partial charge is 0.0363 e. The van der Waals surface area contributed by atoms with Gasteiger partial charge in [0.15, 0.2) is 0 Å². The molecular formula is C16H31N3. The molecule has 2 unspecified atom stereocenters. The van der Waals surface area contributed by atoms with Gasteiger partial charge in [0.25, 0.3) is 0 Å². The van der Waals surface area contributed by atoms with Gasteiger partial charge in [-0.1, -0.05) is 20.8 Å². The van der Waals surface area contributed by atoms with E-state index in [9.17, 15) is 0 Å². The molecule has 3 nitrogen and oxygen atoms in total. The average molecular weight is 265 g/mol. The molecule has 2 atom stereocenters. The molecule has 1 heterocycles. The van der Waals surface area contributed by atoms with Crippen LogP contribution in [0.2, 0.25) is 0 Å². The van der Waals surface area contributed by atoms with Crippen molar-refractivity contribution in [3.8, 4) is 0 Å². The van der Waals surface area contributed by atoms with Gasteiger partial charge in [-0.05, 0) is 37.0 Å².